The molecule has 0 saturated carbocycles. The van der Waals surface area contributed by atoms with Crippen LogP contribution in [0.5, 0.6) is 11.5 Å². The first kappa shape index (κ1) is 78.3. The van der Waals surface area contributed by atoms with Gasteiger partial charge in [0.05, 0.1) is 108 Å². The highest BCUT2D eigenvalue weighted by Crippen LogP contribution is 2.23. The van der Waals surface area contributed by atoms with Gasteiger partial charge in [-0.1, -0.05) is 20.8 Å². The predicted molar refractivity (Wildman–Crippen MR) is 339 cm³/mol. The van der Waals surface area contributed by atoms with E-state index in [1.165, 1.54) is 0 Å². The molecule has 1 aliphatic heterocycles. The van der Waals surface area contributed by atoms with Crippen LogP contribution in [0.1, 0.15) is 191 Å². The van der Waals surface area contributed by atoms with Gasteiger partial charge in [0.1, 0.15) is 17.3 Å². The fourth-order valence-corrected chi connectivity index (χ4v) is 7.10. The van der Waals surface area contributed by atoms with Crippen molar-refractivity contribution in [3.63, 3.8) is 0 Å². The van der Waals surface area contributed by atoms with E-state index in [2.05, 4.69) is 166 Å². The van der Waals surface area contributed by atoms with Gasteiger partial charge in [-0.2, -0.15) is 0 Å². The summed E-state index contributed by atoms with van der Waals surface area (Å²) in [5.74, 6) is 2.76. The number of anilines is 1. The lowest BCUT2D eigenvalue weighted by Gasteiger charge is -2.42. The van der Waals surface area contributed by atoms with Crippen LogP contribution in [-0.4, -0.2) is 186 Å². The van der Waals surface area contributed by atoms with E-state index in [1.807, 2.05) is 72.1 Å². The molecule has 16 nitrogen and oxygen atoms in total. The van der Waals surface area contributed by atoms with Crippen molar-refractivity contribution in [2.75, 3.05) is 137 Å². The van der Waals surface area contributed by atoms with Crippen LogP contribution in [0.15, 0.2) is 36.7 Å². The molecule has 3 rings (SSSR count). The molecule has 476 valence electrons. The Kier molecular flexibility index (Phi) is 38.4. The number of rotatable bonds is 30. The van der Waals surface area contributed by atoms with Gasteiger partial charge >= 0.3 is 0 Å². The Bertz CT molecular complexity index is 1750. The van der Waals surface area contributed by atoms with Gasteiger partial charge in [0, 0.05) is 66.1 Å². The fraction of sp³-hybridized carbons (Fsp3) is 0.846. The average molecular weight is 1150 g/mol. The van der Waals surface area contributed by atoms with Crippen LogP contribution in [0.2, 0.25) is 0 Å². The van der Waals surface area contributed by atoms with Crippen molar-refractivity contribution in [3.8, 4) is 11.5 Å². The Hall–Kier alpha value is -2.74. The number of nitrogens with one attached hydrogen (secondary N) is 3. The van der Waals surface area contributed by atoms with Gasteiger partial charge in [-0.25, -0.2) is 4.98 Å². The minimum atomic E-state index is -0.111. The topological polar surface area (TPSA) is 151 Å². The summed E-state index contributed by atoms with van der Waals surface area (Å²) in [5.41, 5.74) is 1.78. The molecule has 0 amide bonds. The summed E-state index contributed by atoms with van der Waals surface area (Å²) < 4.78 is 49.8. The molecule has 81 heavy (non-hydrogen) atoms. The van der Waals surface area contributed by atoms with Gasteiger partial charge in [0.25, 0.3) is 0 Å². The summed E-state index contributed by atoms with van der Waals surface area (Å²) in [4.78, 5) is 13.9. The second-order valence-corrected chi connectivity index (χ2v) is 28.7. The van der Waals surface area contributed by atoms with Gasteiger partial charge < -0.3 is 63.5 Å². The van der Waals surface area contributed by atoms with Crippen LogP contribution in [0.3, 0.4) is 0 Å². The Morgan fingerprint density at radius 3 is 1.01 bits per heavy atom. The number of hydrogen-bond acceptors (Lipinski definition) is 16. The Morgan fingerprint density at radius 1 is 0.383 bits per heavy atom. The molecular weight excluding hydrogens is 1020 g/mol. The van der Waals surface area contributed by atoms with E-state index < -0.39 is 0 Å². The van der Waals surface area contributed by atoms with Gasteiger partial charge in [0.15, 0.2) is 0 Å². The van der Waals surface area contributed by atoms with E-state index in [9.17, 15) is 0 Å². The lowest BCUT2D eigenvalue weighted by atomic mass is 9.92. The molecule has 3 N–H and O–H groups in total. The van der Waals surface area contributed by atoms with E-state index in [4.69, 9.17) is 42.6 Å². The normalized spacial score (nSPS) is 14.1. The quantitative estimate of drug-likeness (QED) is 0.0636. The average Bonchev–Trinajstić information content (AvgIpc) is 3.32. The number of hydrogen-bond donors (Lipinski definition) is 3. The van der Waals surface area contributed by atoms with Crippen LogP contribution in [0.4, 0.5) is 5.82 Å². The third-order valence-electron chi connectivity index (χ3n) is 11.4. The van der Waals surface area contributed by atoms with Crippen molar-refractivity contribution in [1.29, 1.82) is 0 Å². The molecule has 0 spiro atoms. The SMILES string of the molecule is CC(C)(C)NCCCOC(C)(C)C.CC(C)(C)NCCCOc1ccc(C(C)(C)C)nc1.CC(C)(C)NCCCOc1ccc(N2CCN(C(C)(C)C)CC2)nc1.CC(C)(C)OCCOCCOCCOCCOCCOC(C)(C)C. The van der Waals surface area contributed by atoms with Crippen molar-refractivity contribution in [2.24, 2.45) is 0 Å². The molecule has 1 aliphatic rings. The highest BCUT2D eigenvalue weighted by molar-refractivity contribution is 5.41. The molecule has 16 heteroatoms. The molecule has 0 unspecified atom stereocenters. The van der Waals surface area contributed by atoms with Crippen LogP contribution in [0, 0.1) is 0 Å². The molecule has 0 aliphatic carbocycles. The zero-order chi connectivity index (χ0) is 61.9. The van der Waals surface area contributed by atoms with E-state index >= 15 is 0 Å². The monoisotopic (exact) mass is 1150 g/mol. The van der Waals surface area contributed by atoms with E-state index in [1.54, 1.807) is 0 Å². The van der Waals surface area contributed by atoms with Crippen molar-refractivity contribution in [3.05, 3.63) is 42.4 Å². The van der Waals surface area contributed by atoms with Crippen LogP contribution in [-0.2, 0) is 38.6 Å². The molecule has 0 radical (unpaired) electrons. The van der Waals surface area contributed by atoms with Crippen LogP contribution >= 0.6 is 0 Å². The first-order valence-electron chi connectivity index (χ1n) is 30.4. The first-order valence-corrected chi connectivity index (χ1v) is 30.4. The maximum Gasteiger partial charge on any atom is 0.137 e. The summed E-state index contributed by atoms with van der Waals surface area (Å²) in [6.07, 6.45) is 6.74. The smallest absolute Gasteiger partial charge is 0.137 e. The standard InChI is InChI=1S/C20H36N4O.C18H38O6.C16H28N2O.C11H25NO/c1-19(2,3)22-10-7-15-25-17-8-9-18(21-16-17)23-11-13-24(14-12-23)20(4,5)6;1-17(2,3)23-15-13-21-11-9-19-7-8-20-10-12-22-14-16-24-18(4,5)6;1-15(2,3)14-9-8-13(12-17-14)19-11-7-10-18-16(4,5)6;1-10(2,3)12-8-7-9-13-11(4,5)6/h8-9,16,22H,7,10-15H2,1-6H3;7-16H2,1-6H3;8-9,12,18H,7,10-11H2,1-6H3;12H,7-9H2,1-6H3. The van der Waals surface area contributed by atoms with Crippen molar-refractivity contribution in [1.82, 2.24) is 30.8 Å². The van der Waals surface area contributed by atoms with E-state index in [0.717, 1.165) is 101 Å². The molecule has 0 bridgehead atoms. The van der Waals surface area contributed by atoms with E-state index in [-0.39, 0.29) is 44.4 Å². The summed E-state index contributed by atoms with van der Waals surface area (Å²) in [6, 6.07) is 8.17. The molecule has 2 aromatic rings. The lowest BCUT2D eigenvalue weighted by Crippen LogP contribution is -2.53. The summed E-state index contributed by atoms with van der Waals surface area (Å²) in [7, 11) is 0. The molecular formula is C65H127N7O9. The molecule has 2 aromatic heterocycles. The minimum absolute atomic E-state index is 0.00172. The van der Waals surface area contributed by atoms with Crippen molar-refractivity contribution < 1.29 is 42.6 Å². The van der Waals surface area contributed by atoms with Gasteiger partial charge in [0.2, 0.25) is 0 Å². The largest absolute Gasteiger partial charge is 0.492 e. The molecule has 1 saturated heterocycles. The second kappa shape index (κ2) is 39.8. The zero-order valence-electron chi connectivity index (χ0n) is 56.7. The number of ether oxygens (including phenoxy) is 9. The Labute approximate surface area is 497 Å². The molecule has 3 heterocycles. The van der Waals surface area contributed by atoms with Gasteiger partial charge in [-0.3, -0.25) is 9.88 Å². The number of piperazine rings is 1. The van der Waals surface area contributed by atoms with Crippen molar-refractivity contribution in [2.45, 2.75) is 230 Å². The highest BCUT2D eigenvalue weighted by atomic mass is 16.6. The van der Waals surface area contributed by atoms with Gasteiger partial charge in [-0.15, -0.1) is 0 Å². The summed E-state index contributed by atoms with van der Waals surface area (Å²) in [5, 5.41) is 10.3. The fourth-order valence-electron chi connectivity index (χ4n) is 7.10. The molecule has 0 aromatic carbocycles. The van der Waals surface area contributed by atoms with Crippen LogP contribution < -0.4 is 30.3 Å². The van der Waals surface area contributed by atoms with Crippen molar-refractivity contribution >= 4 is 5.82 Å². The molecule has 1 fully saturated rings. The maximum absolute atomic E-state index is 5.80. The Morgan fingerprint density at radius 2 is 0.716 bits per heavy atom. The number of aromatic nitrogens is 2. The maximum atomic E-state index is 5.80. The number of pyridine rings is 2. The predicted octanol–water partition coefficient (Wildman–Crippen LogP) is 12.0. The van der Waals surface area contributed by atoms with E-state index in [0.29, 0.717) is 72.7 Å². The second-order valence-electron chi connectivity index (χ2n) is 28.7. The molecule has 0 atom stereocenters. The Balaban J connectivity index is 0.00000108. The summed E-state index contributed by atoms with van der Waals surface area (Å²) in [6.45, 7) is 66.6. The summed E-state index contributed by atoms with van der Waals surface area (Å²) >= 11 is 0. The third-order valence-corrected chi connectivity index (χ3v) is 11.4. The highest BCUT2D eigenvalue weighted by Gasteiger charge is 2.26. The minimum Gasteiger partial charge on any atom is -0.492 e. The van der Waals surface area contributed by atoms with Crippen LogP contribution in [0.25, 0.3) is 0 Å². The van der Waals surface area contributed by atoms with Gasteiger partial charge in [-0.05, 0) is 209 Å². The third kappa shape index (κ3) is 51.4. The lowest BCUT2D eigenvalue weighted by molar-refractivity contribution is -0.0511. The zero-order valence-corrected chi connectivity index (χ0v) is 56.7. The first-order chi connectivity index (χ1) is 37.2. The number of nitrogens with zero attached hydrogens (tertiary/aromatic N) is 4.